The molecule has 1 aliphatic heterocycles. The second-order valence-electron chi connectivity index (χ2n) is 4.13. The zero-order chi connectivity index (χ0) is 15.4. The Morgan fingerprint density at radius 2 is 2.29 bits per heavy atom. The summed E-state index contributed by atoms with van der Waals surface area (Å²) in [6.07, 6.45) is 1.65. The standard InChI is InChI=1S/C14H13ClN2O3S/c1-3-20-11-5-4-10(15)6-9(11)7-12-13(19)17-14(21-12)16-8(2)18/h4-7H,3H2,1-2H3,(H,16,17,18,19). The number of nitrogens with zero attached hydrogens (tertiary/aromatic N) is 1. The number of nitrogens with one attached hydrogen (secondary N) is 1. The Kier molecular flexibility index (Phi) is 5.03. The average molecular weight is 325 g/mol. The summed E-state index contributed by atoms with van der Waals surface area (Å²) >= 11 is 7.08. The van der Waals surface area contributed by atoms with Crippen molar-refractivity contribution in [3.8, 4) is 5.75 Å². The van der Waals surface area contributed by atoms with Gasteiger partial charge in [0.2, 0.25) is 5.91 Å². The lowest BCUT2D eigenvalue weighted by molar-refractivity contribution is -0.117. The maximum atomic E-state index is 11.8. The van der Waals surface area contributed by atoms with E-state index in [4.69, 9.17) is 16.3 Å². The molecule has 0 unspecified atom stereocenters. The number of thioether (sulfide) groups is 1. The van der Waals surface area contributed by atoms with E-state index in [0.29, 0.717) is 27.8 Å². The van der Waals surface area contributed by atoms with Crippen LogP contribution < -0.4 is 10.1 Å². The van der Waals surface area contributed by atoms with Crippen molar-refractivity contribution in [1.29, 1.82) is 0 Å². The molecule has 0 bridgehead atoms. The highest BCUT2D eigenvalue weighted by atomic mass is 35.5. The van der Waals surface area contributed by atoms with Crippen LogP contribution in [0.3, 0.4) is 0 Å². The molecule has 0 spiro atoms. The van der Waals surface area contributed by atoms with Crippen LogP contribution in [0.5, 0.6) is 5.75 Å². The Balaban J connectivity index is 2.27. The number of halogens is 1. The Labute approximate surface area is 131 Å². The topological polar surface area (TPSA) is 67.8 Å². The number of ether oxygens (including phenoxy) is 1. The highest BCUT2D eigenvalue weighted by molar-refractivity contribution is 8.18. The molecule has 5 nitrogen and oxygen atoms in total. The normalized spacial score (nSPS) is 16.0. The molecule has 110 valence electrons. The molecular formula is C14H13ClN2O3S. The SMILES string of the molecule is CCOc1ccc(Cl)cc1C=C1SC(NC(C)=O)=NC1=O. The number of carbonyl (C=O) groups excluding carboxylic acids is 2. The van der Waals surface area contributed by atoms with Gasteiger partial charge in [-0.15, -0.1) is 0 Å². The first kappa shape index (κ1) is 15.6. The van der Waals surface area contributed by atoms with Gasteiger partial charge in [-0.25, -0.2) is 0 Å². The van der Waals surface area contributed by atoms with E-state index in [1.54, 1.807) is 24.3 Å². The Morgan fingerprint density at radius 3 is 2.95 bits per heavy atom. The van der Waals surface area contributed by atoms with Crippen LogP contribution in [0.25, 0.3) is 6.08 Å². The first-order valence-electron chi connectivity index (χ1n) is 6.22. The molecule has 0 atom stereocenters. The molecule has 0 saturated carbocycles. The monoisotopic (exact) mass is 324 g/mol. The molecule has 21 heavy (non-hydrogen) atoms. The third-order valence-electron chi connectivity index (χ3n) is 2.46. The van der Waals surface area contributed by atoms with Gasteiger partial charge in [0, 0.05) is 17.5 Å². The van der Waals surface area contributed by atoms with E-state index >= 15 is 0 Å². The van der Waals surface area contributed by atoms with Crippen LogP contribution in [0.2, 0.25) is 5.02 Å². The van der Waals surface area contributed by atoms with E-state index < -0.39 is 5.91 Å². The number of aliphatic imine (C=N–C) groups is 1. The Hall–Kier alpha value is -1.79. The minimum Gasteiger partial charge on any atom is -0.493 e. The molecule has 1 aromatic carbocycles. The van der Waals surface area contributed by atoms with Gasteiger partial charge in [-0.1, -0.05) is 11.6 Å². The minimum atomic E-state index is -0.397. The summed E-state index contributed by atoms with van der Waals surface area (Å²) in [6.45, 7) is 3.74. The Morgan fingerprint density at radius 1 is 1.52 bits per heavy atom. The Bertz CT molecular complexity index is 656. The van der Waals surface area contributed by atoms with E-state index in [0.717, 1.165) is 11.8 Å². The first-order valence-corrected chi connectivity index (χ1v) is 7.41. The van der Waals surface area contributed by atoms with Crippen molar-refractivity contribution in [2.75, 3.05) is 6.61 Å². The average Bonchev–Trinajstić information content (AvgIpc) is 2.72. The maximum Gasteiger partial charge on any atom is 0.286 e. The highest BCUT2D eigenvalue weighted by Gasteiger charge is 2.23. The number of hydrogen-bond donors (Lipinski definition) is 1. The molecular weight excluding hydrogens is 312 g/mol. The van der Waals surface area contributed by atoms with Crippen molar-refractivity contribution < 1.29 is 14.3 Å². The van der Waals surface area contributed by atoms with E-state index in [2.05, 4.69) is 10.3 Å². The zero-order valence-corrected chi connectivity index (χ0v) is 13.0. The predicted molar refractivity (Wildman–Crippen MR) is 84.4 cm³/mol. The summed E-state index contributed by atoms with van der Waals surface area (Å²) in [5.41, 5.74) is 0.694. The van der Waals surface area contributed by atoms with Gasteiger partial charge in [0.1, 0.15) is 5.75 Å². The second-order valence-corrected chi connectivity index (χ2v) is 5.60. The number of amidine groups is 1. The predicted octanol–water partition coefficient (Wildman–Crippen LogP) is 2.85. The van der Waals surface area contributed by atoms with Gasteiger partial charge in [0.05, 0.1) is 11.5 Å². The molecule has 0 fully saturated rings. The van der Waals surface area contributed by atoms with Crippen LogP contribution in [0.4, 0.5) is 0 Å². The molecule has 0 radical (unpaired) electrons. The fourth-order valence-electron chi connectivity index (χ4n) is 1.67. The van der Waals surface area contributed by atoms with Crippen molar-refractivity contribution in [2.45, 2.75) is 13.8 Å². The van der Waals surface area contributed by atoms with Gasteiger partial charge >= 0.3 is 0 Å². The summed E-state index contributed by atoms with van der Waals surface area (Å²) in [5, 5.41) is 3.32. The van der Waals surface area contributed by atoms with Crippen LogP contribution in [0.15, 0.2) is 28.1 Å². The smallest absolute Gasteiger partial charge is 0.286 e. The number of hydrogen-bond acceptors (Lipinski definition) is 4. The van der Waals surface area contributed by atoms with Gasteiger partial charge in [-0.2, -0.15) is 4.99 Å². The number of carbonyl (C=O) groups is 2. The van der Waals surface area contributed by atoms with Crippen molar-refractivity contribution >= 4 is 46.4 Å². The maximum absolute atomic E-state index is 11.8. The summed E-state index contributed by atoms with van der Waals surface area (Å²) in [6, 6.07) is 5.18. The summed E-state index contributed by atoms with van der Waals surface area (Å²) in [4.78, 5) is 27.0. The van der Waals surface area contributed by atoms with Crippen molar-refractivity contribution in [1.82, 2.24) is 5.32 Å². The minimum absolute atomic E-state index is 0.270. The summed E-state index contributed by atoms with van der Waals surface area (Å²) < 4.78 is 5.50. The molecule has 7 heteroatoms. The molecule has 1 heterocycles. The van der Waals surface area contributed by atoms with Crippen molar-refractivity contribution in [3.05, 3.63) is 33.7 Å². The quantitative estimate of drug-likeness (QED) is 0.868. The van der Waals surface area contributed by atoms with Crippen LogP contribution >= 0.6 is 23.4 Å². The molecule has 0 saturated heterocycles. The lowest BCUT2D eigenvalue weighted by atomic mass is 10.2. The molecule has 2 rings (SSSR count). The van der Waals surface area contributed by atoms with Crippen LogP contribution in [0.1, 0.15) is 19.4 Å². The van der Waals surface area contributed by atoms with E-state index in [-0.39, 0.29) is 11.1 Å². The largest absolute Gasteiger partial charge is 0.493 e. The van der Waals surface area contributed by atoms with E-state index in [1.165, 1.54) is 6.92 Å². The number of benzene rings is 1. The zero-order valence-electron chi connectivity index (χ0n) is 11.5. The third-order valence-corrected chi connectivity index (χ3v) is 3.60. The number of amides is 2. The molecule has 1 N–H and O–H groups in total. The van der Waals surface area contributed by atoms with Gasteiger partial charge in [0.15, 0.2) is 5.17 Å². The fourth-order valence-corrected chi connectivity index (χ4v) is 2.70. The molecule has 0 aliphatic carbocycles. The van der Waals surface area contributed by atoms with E-state index in [9.17, 15) is 9.59 Å². The molecule has 2 amide bonds. The molecule has 0 aromatic heterocycles. The van der Waals surface area contributed by atoms with E-state index in [1.807, 2.05) is 6.92 Å². The first-order chi connectivity index (χ1) is 9.99. The van der Waals surface area contributed by atoms with Gasteiger partial charge < -0.3 is 10.1 Å². The van der Waals surface area contributed by atoms with Gasteiger partial charge in [-0.05, 0) is 43.0 Å². The van der Waals surface area contributed by atoms with Gasteiger partial charge in [-0.3, -0.25) is 9.59 Å². The van der Waals surface area contributed by atoms with Gasteiger partial charge in [0.25, 0.3) is 5.91 Å². The number of rotatable bonds is 3. The van der Waals surface area contributed by atoms with Crippen molar-refractivity contribution in [2.24, 2.45) is 4.99 Å². The summed E-state index contributed by atoms with van der Waals surface area (Å²) in [7, 11) is 0. The molecule has 1 aliphatic rings. The van der Waals surface area contributed by atoms with Crippen LogP contribution in [0, 0.1) is 0 Å². The second kappa shape index (κ2) is 6.78. The third kappa shape index (κ3) is 4.09. The lowest BCUT2D eigenvalue weighted by Crippen LogP contribution is -2.23. The van der Waals surface area contributed by atoms with Crippen LogP contribution in [-0.4, -0.2) is 23.6 Å². The van der Waals surface area contributed by atoms with Crippen molar-refractivity contribution in [3.63, 3.8) is 0 Å². The summed E-state index contributed by atoms with van der Waals surface area (Å²) in [5.74, 6) is -0.0324. The fraction of sp³-hybridized carbons (Fsp3) is 0.214. The highest BCUT2D eigenvalue weighted by Crippen LogP contribution is 2.31. The molecule has 1 aromatic rings. The lowest BCUT2D eigenvalue weighted by Gasteiger charge is -2.08. The van der Waals surface area contributed by atoms with Crippen LogP contribution in [-0.2, 0) is 9.59 Å².